The summed E-state index contributed by atoms with van der Waals surface area (Å²) in [7, 11) is -3.47. The van der Waals surface area contributed by atoms with Crippen molar-refractivity contribution in [2.45, 2.75) is 36.9 Å². The van der Waals surface area contributed by atoms with Crippen molar-refractivity contribution in [3.05, 3.63) is 51.3 Å². The number of piperidine rings is 1. The number of thiophene rings is 1. The molecule has 1 N–H and O–H groups in total. The van der Waals surface area contributed by atoms with E-state index >= 15 is 0 Å². The quantitative estimate of drug-likeness (QED) is 0.714. The first-order chi connectivity index (χ1) is 12.8. The lowest BCUT2D eigenvalue weighted by atomic mass is 9.96. The lowest BCUT2D eigenvalue weighted by molar-refractivity contribution is -0.126. The topological polar surface area (TPSA) is 66.5 Å². The molecule has 1 unspecified atom stereocenters. The van der Waals surface area contributed by atoms with Crippen molar-refractivity contribution >= 4 is 43.2 Å². The van der Waals surface area contributed by atoms with Gasteiger partial charge in [0, 0.05) is 19.0 Å². The second-order valence-corrected chi connectivity index (χ2v) is 11.5. The zero-order valence-corrected chi connectivity index (χ0v) is 18.5. The van der Waals surface area contributed by atoms with Crippen LogP contribution in [0.5, 0.6) is 0 Å². The van der Waals surface area contributed by atoms with Gasteiger partial charge in [0.25, 0.3) is 10.0 Å². The first-order valence-electron chi connectivity index (χ1n) is 8.90. The van der Waals surface area contributed by atoms with Crippen LogP contribution in [0.1, 0.15) is 36.9 Å². The molecule has 0 saturated carbocycles. The number of nitrogens with one attached hydrogen (secondary N) is 1. The Labute approximate surface area is 173 Å². The highest BCUT2D eigenvalue weighted by Gasteiger charge is 2.33. The van der Waals surface area contributed by atoms with E-state index in [0.29, 0.717) is 30.1 Å². The van der Waals surface area contributed by atoms with Crippen LogP contribution in [0.2, 0.25) is 0 Å². The minimum absolute atomic E-state index is 0.00155. The third kappa shape index (κ3) is 4.62. The Morgan fingerprint density at radius 1 is 1.22 bits per heavy atom. The van der Waals surface area contributed by atoms with Crippen molar-refractivity contribution in [3.8, 4) is 0 Å². The Balaban J connectivity index is 1.59. The van der Waals surface area contributed by atoms with Gasteiger partial charge in [0.15, 0.2) is 0 Å². The highest BCUT2D eigenvalue weighted by molar-refractivity contribution is 9.11. The summed E-state index contributed by atoms with van der Waals surface area (Å²) in [6, 6.07) is 11.3. The third-order valence-electron chi connectivity index (χ3n) is 4.98. The monoisotopic (exact) mass is 470 g/mol. The van der Waals surface area contributed by atoms with Crippen LogP contribution < -0.4 is 5.32 Å². The molecule has 2 heterocycles. The molecule has 0 radical (unpaired) electrons. The minimum Gasteiger partial charge on any atom is -0.349 e. The fourth-order valence-electron chi connectivity index (χ4n) is 3.40. The number of amides is 1. The van der Waals surface area contributed by atoms with E-state index in [-0.39, 0.29) is 17.9 Å². The Bertz CT molecular complexity index is 919. The smallest absolute Gasteiger partial charge is 0.252 e. The molecule has 0 bridgehead atoms. The van der Waals surface area contributed by atoms with Gasteiger partial charge in [-0.2, -0.15) is 4.31 Å². The fourth-order valence-corrected chi connectivity index (χ4v) is 7.04. The minimum atomic E-state index is -3.47. The van der Waals surface area contributed by atoms with Crippen LogP contribution in [0.3, 0.4) is 0 Å². The standard InChI is InChI=1S/C19H23BrN2O3S2/c1-13-5-3-4-6-16(13)14(2)21-19(23)15-9-11-22(12-10-15)27(24,25)18-8-7-17(20)26-18/h3-8,14-15H,9-12H2,1-2H3,(H,21,23). The van der Waals surface area contributed by atoms with Gasteiger partial charge in [-0.15, -0.1) is 11.3 Å². The summed E-state index contributed by atoms with van der Waals surface area (Å²) < 4.78 is 28.0. The van der Waals surface area contributed by atoms with E-state index in [1.165, 1.54) is 15.6 Å². The highest BCUT2D eigenvalue weighted by atomic mass is 79.9. The van der Waals surface area contributed by atoms with Gasteiger partial charge in [-0.1, -0.05) is 24.3 Å². The summed E-state index contributed by atoms with van der Waals surface area (Å²) in [5, 5.41) is 3.08. The zero-order valence-electron chi connectivity index (χ0n) is 15.3. The van der Waals surface area contributed by atoms with E-state index in [0.717, 1.165) is 14.9 Å². The predicted molar refractivity (Wildman–Crippen MR) is 111 cm³/mol. The zero-order chi connectivity index (χ0) is 19.6. The summed E-state index contributed by atoms with van der Waals surface area (Å²) in [5.74, 6) is -0.153. The molecule has 1 atom stereocenters. The predicted octanol–water partition coefficient (Wildman–Crippen LogP) is 4.10. The SMILES string of the molecule is Cc1ccccc1C(C)NC(=O)C1CCN(S(=O)(=O)c2ccc(Br)s2)CC1. The van der Waals surface area contributed by atoms with Crippen molar-refractivity contribution in [3.63, 3.8) is 0 Å². The Morgan fingerprint density at radius 3 is 2.48 bits per heavy atom. The molecular formula is C19H23BrN2O3S2. The molecule has 3 rings (SSSR count). The van der Waals surface area contributed by atoms with Crippen LogP contribution in [-0.2, 0) is 14.8 Å². The molecule has 2 aromatic rings. The number of sulfonamides is 1. The summed E-state index contributed by atoms with van der Waals surface area (Å²) in [6.07, 6.45) is 1.08. The molecule has 1 fully saturated rings. The van der Waals surface area contributed by atoms with Crippen molar-refractivity contribution in [1.29, 1.82) is 0 Å². The molecule has 0 aliphatic carbocycles. The van der Waals surface area contributed by atoms with Gasteiger partial charge >= 0.3 is 0 Å². The Morgan fingerprint density at radius 2 is 1.89 bits per heavy atom. The van der Waals surface area contributed by atoms with E-state index < -0.39 is 10.0 Å². The normalized spacial score (nSPS) is 17.6. The molecule has 1 aromatic carbocycles. The third-order valence-corrected chi connectivity index (χ3v) is 8.97. The van der Waals surface area contributed by atoms with E-state index in [2.05, 4.69) is 21.2 Å². The van der Waals surface area contributed by atoms with Gasteiger partial charge in [0.05, 0.1) is 9.83 Å². The number of nitrogens with zero attached hydrogens (tertiary/aromatic N) is 1. The maximum absolute atomic E-state index is 12.7. The summed E-state index contributed by atoms with van der Waals surface area (Å²) in [5.41, 5.74) is 2.25. The Hall–Kier alpha value is -1.22. The average molecular weight is 471 g/mol. The van der Waals surface area contributed by atoms with Crippen LogP contribution in [0.4, 0.5) is 0 Å². The van der Waals surface area contributed by atoms with Crippen LogP contribution in [0.25, 0.3) is 0 Å². The Kier molecular flexibility index (Phi) is 6.40. The second kappa shape index (κ2) is 8.43. The fraction of sp³-hybridized carbons (Fsp3) is 0.421. The summed E-state index contributed by atoms with van der Waals surface area (Å²) >= 11 is 4.52. The number of carbonyl (C=O) groups excluding carboxylic acids is 1. The average Bonchev–Trinajstić information content (AvgIpc) is 3.09. The molecule has 5 nitrogen and oxygen atoms in total. The highest BCUT2D eigenvalue weighted by Crippen LogP contribution is 2.31. The van der Waals surface area contributed by atoms with Crippen molar-refractivity contribution in [2.24, 2.45) is 5.92 Å². The van der Waals surface area contributed by atoms with Gasteiger partial charge in [-0.3, -0.25) is 4.79 Å². The number of carbonyl (C=O) groups is 1. The van der Waals surface area contributed by atoms with Crippen LogP contribution in [0, 0.1) is 12.8 Å². The van der Waals surface area contributed by atoms with Gasteiger partial charge < -0.3 is 5.32 Å². The van der Waals surface area contributed by atoms with E-state index in [9.17, 15) is 13.2 Å². The molecular weight excluding hydrogens is 448 g/mol. The van der Waals surface area contributed by atoms with E-state index in [4.69, 9.17) is 0 Å². The van der Waals surface area contributed by atoms with Gasteiger partial charge in [-0.25, -0.2) is 8.42 Å². The van der Waals surface area contributed by atoms with Crippen LogP contribution >= 0.6 is 27.3 Å². The second-order valence-electron chi connectivity index (χ2n) is 6.82. The van der Waals surface area contributed by atoms with Crippen molar-refractivity contribution < 1.29 is 13.2 Å². The van der Waals surface area contributed by atoms with Crippen LogP contribution in [0.15, 0.2) is 44.4 Å². The number of hydrogen-bond donors (Lipinski definition) is 1. The number of aryl methyl sites for hydroxylation is 1. The first-order valence-corrected chi connectivity index (χ1v) is 12.0. The number of hydrogen-bond acceptors (Lipinski definition) is 4. The molecule has 0 spiro atoms. The maximum Gasteiger partial charge on any atom is 0.252 e. The van der Waals surface area contributed by atoms with Gasteiger partial charge in [0.1, 0.15) is 4.21 Å². The first kappa shape index (κ1) is 20.5. The van der Waals surface area contributed by atoms with Gasteiger partial charge in [-0.05, 0) is 65.9 Å². The molecule has 27 heavy (non-hydrogen) atoms. The molecule has 146 valence electrons. The molecule has 1 aromatic heterocycles. The summed E-state index contributed by atoms with van der Waals surface area (Å²) in [4.78, 5) is 12.6. The molecule has 1 aliphatic rings. The lowest BCUT2D eigenvalue weighted by Crippen LogP contribution is -2.43. The van der Waals surface area contributed by atoms with Crippen molar-refractivity contribution in [1.82, 2.24) is 9.62 Å². The molecule has 1 aliphatic heterocycles. The summed E-state index contributed by atoms with van der Waals surface area (Å²) in [6.45, 7) is 4.75. The number of benzene rings is 1. The van der Waals surface area contributed by atoms with Gasteiger partial charge in [0.2, 0.25) is 5.91 Å². The largest absolute Gasteiger partial charge is 0.349 e. The maximum atomic E-state index is 12.7. The molecule has 1 amide bonds. The van der Waals surface area contributed by atoms with Crippen molar-refractivity contribution in [2.75, 3.05) is 13.1 Å². The van der Waals surface area contributed by atoms with Crippen LogP contribution in [-0.4, -0.2) is 31.7 Å². The molecule has 1 saturated heterocycles. The van der Waals surface area contributed by atoms with E-state index in [1.807, 2.05) is 38.1 Å². The number of rotatable bonds is 5. The van der Waals surface area contributed by atoms with E-state index in [1.54, 1.807) is 12.1 Å². The number of halogens is 1. The molecule has 8 heteroatoms. The lowest BCUT2D eigenvalue weighted by Gasteiger charge is -2.31.